The van der Waals surface area contributed by atoms with E-state index in [1.165, 1.54) is 5.56 Å². The summed E-state index contributed by atoms with van der Waals surface area (Å²) in [6.45, 7) is 6.42. The zero-order valence-electron chi connectivity index (χ0n) is 12.5. The summed E-state index contributed by atoms with van der Waals surface area (Å²) in [6, 6.07) is 8.74. The van der Waals surface area contributed by atoms with Crippen molar-refractivity contribution in [1.29, 1.82) is 5.41 Å². The summed E-state index contributed by atoms with van der Waals surface area (Å²) in [5.74, 6) is 1.35. The van der Waals surface area contributed by atoms with E-state index in [2.05, 4.69) is 55.9 Å². The van der Waals surface area contributed by atoms with Crippen molar-refractivity contribution in [2.24, 2.45) is 5.92 Å². The first-order valence-corrected chi connectivity index (χ1v) is 7.07. The van der Waals surface area contributed by atoms with Gasteiger partial charge in [-0.25, -0.2) is 0 Å². The van der Waals surface area contributed by atoms with Gasteiger partial charge in [0.1, 0.15) is 5.84 Å². The molecule has 0 fully saturated rings. The van der Waals surface area contributed by atoms with E-state index in [1.54, 1.807) is 0 Å². The van der Waals surface area contributed by atoms with Gasteiger partial charge in [-0.15, -0.1) is 0 Å². The minimum Gasteiger partial charge on any atom is -0.348 e. The molecule has 1 aliphatic heterocycles. The van der Waals surface area contributed by atoms with Crippen molar-refractivity contribution < 1.29 is 0 Å². The number of benzene rings is 1. The zero-order chi connectivity index (χ0) is 14.0. The Morgan fingerprint density at radius 1 is 1.26 bits per heavy atom. The van der Waals surface area contributed by atoms with Gasteiger partial charge in [-0.3, -0.25) is 5.41 Å². The monoisotopic (exact) mass is 259 g/mol. The molecule has 1 N–H and O–H groups in total. The van der Waals surface area contributed by atoms with Crippen LogP contribution in [0.4, 0.5) is 0 Å². The number of hydrogen-bond donors (Lipinski definition) is 1. The topological polar surface area (TPSA) is 30.3 Å². The van der Waals surface area contributed by atoms with Crippen LogP contribution in [0.15, 0.2) is 24.3 Å². The summed E-state index contributed by atoms with van der Waals surface area (Å²) in [6.07, 6.45) is 1.13. The van der Waals surface area contributed by atoms with Gasteiger partial charge in [-0.2, -0.15) is 0 Å². The van der Waals surface area contributed by atoms with Crippen LogP contribution in [-0.4, -0.2) is 42.3 Å². The van der Waals surface area contributed by atoms with Gasteiger partial charge in [0.05, 0.1) is 0 Å². The van der Waals surface area contributed by atoms with Gasteiger partial charge in [0.15, 0.2) is 0 Å². The quantitative estimate of drug-likeness (QED) is 0.881. The van der Waals surface area contributed by atoms with Crippen LogP contribution in [0.1, 0.15) is 31.4 Å². The average molecular weight is 259 g/mol. The van der Waals surface area contributed by atoms with Crippen molar-refractivity contribution in [3.63, 3.8) is 0 Å². The molecule has 1 aromatic rings. The molecule has 0 spiro atoms. The molecule has 2 rings (SSSR count). The highest BCUT2D eigenvalue weighted by Gasteiger charge is 2.30. The second-order valence-corrected chi connectivity index (χ2v) is 6.18. The molecular weight excluding hydrogens is 234 g/mol. The first kappa shape index (κ1) is 14.1. The fraction of sp³-hybridized carbons (Fsp3) is 0.562. The Balaban J connectivity index is 2.18. The van der Waals surface area contributed by atoms with Gasteiger partial charge >= 0.3 is 0 Å². The average Bonchev–Trinajstić information content (AvgIpc) is 2.65. The summed E-state index contributed by atoms with van der Waals surface area (Å²) >= 11 is 0. The highest BCUT2D eigenvalue weighted by atomic mass is 15.2. The molecule has 3 heteroatoms. The van der Waals surface area contributed by atoms with Crippen molar-refractivity contribution in [2.75, 3.05) is 20.6 Å². The molecule has 104 valence electrons. The van der Waals surface area contributed by atoms with E-state index in [-0.39, 0.29) is 0 Å². The van der Waals surface area contributed by atoms with Crippen LogP contribution in [0.3, 0.4) is 0 Å². The first-order valence-electron chi connectivity index (χ1n) is 7.07. The van der Waals surface area contributed by atoms with Crippen LogP contribution in [0.5, 0.6) is 0 Å². The van der Waals surface area contributed by atoms with Crippen molar-refractivity contribution >= 4 is 5.84 Å². The van der Waals surface area contributed by atoms with Crippen LogP contribution in [-0.2, 0) is 6.54 Å². The highest BCUT2D eigenvalue weighted by molar-refractivity contribution is 6.00. The van der Waals surface area contributed by atoms with Gasteiger partial charge in [0.25, 0.3) is 0 Å². The number of nitrogens with zero attached hydrogens (tertiary/aromatic N) is 2. The third-order valence-electron chi connectivity index (χ3n) is 3.66. The lowest BCUT2D eigenvalue weighted by Crippen LogP contribution is -2.43. The van der Waals surface area contributed by atoms with E-state index < -0.39 is 0 Å². The fourth-order valence-corrected chi connectivity index (χ4v) is 2.88. The predicted octanol–water partition coefficient (Wildman–Crippen LogP) is 2.80. The van der Waals surface area contributed by atoms with E-state index in [4.69, 9.17) is 5.41 Å². The lowest BCUT2D eigenvalue weighted by Gasteiger charge is -2.32. The molecule has 1 atom stereocenters. The van der Waals surface area contributed by atoms with E-state index in [0.717, 1.165) is 25.1 Å². The van der Waals surface area contributed by atoms with Crippen LogP contribution in [0.25, 0.3) is 0 Å². The molecule has 19 heavy (non-hydrogen) atoms. The predicted molar refractivity (Wildman–Crippen MR) is 80.6 cm³/mol. The number of hydrogen-bond acceptors (Lipinski definition) is 2. The Kier molecular flexibility index (Phi) is 4.25. The summed E-state index contributed by atoms with van der Waals surface area (Å²) in [5.41, 5.74) is 2.40. The second kappa shape index (κ2) is 5.74. The Labute approximate surface area is 116 Å². The smallest absolute Gasteiger partial charge is 0.129 e. The van der Waals surface area contributed by atoms with Crippen molar-refractivity contribution in [2.45, 2.75) is 32.9 Å². The summed E-state index contributed by atoms with van der Waals surface area (Å²) in [4.78, 5) is 4.49. The molecule has 0 aromatic heterocycles. The molecule has 0 saturated carbocycles. The molecule has 1 aliphatic rings. The van der Waals surface area contributed by atoms with E-state index in [0.29, 0.717) is 17.8 Å². The van der Waals surface area contributed by atoms with Crippen LogP contribution in [0, 0.1) is 11.3 Å². The summed E-state index contributed by atoms with van der Waals surface area (Å²) < 4.78 is 0. The standard InChI is InChI=1S/C16H25N3/c1-12(2)9-14(11-18(3)4)19-10-13-7-5-6-8-15(13)16(19)17/h5-8,12,14,17H,9-11H2,1-4H3. The number of amidine groups is 1. The van der Waals surface area contributed by atoms with Crippen LogP contribution in [0.2, 0.25) is 0 Å². The number of rotatable bonds is 5. The maximum absolute atomic E-state index is 8.41. The Hall–Kier alpha value is -1.35. The SMILES string of the molecule is CC(C)CC(CN(C)C)N1Cc2ccccc2C1=N. The molecule has 0 amide bonds. The minimum atomic E-state index is 0.426. The third kappa shape index (κ3) is 3.16. The molecule has 0 saturated heterocycles. The molecule has 1 unspecified atom stereocenters. The van der Waals surface area contributed by atoms with Crippen molar-refractivity contribution in [3.8, 4) is 0 Å². The van der Waals surface area contributed by atoms with Crippen molar-refractivity contribution in [1.82, 2.24) is 9.80 Å². The van der Waals surface area contributed by atoms with E-state index in [9.17, 15) is 0 Å². The van der Waals surface area contributed by atoms with Crippen LogP contribution < -0.4 is 0 Å². The fourth-order valence-electron chi connectivity index (χ4n) is 2.88. The molecular formula is C16H25N3. The Morgan fingerprint density at radius 3 is 2.53 bits per heavy atom. The number of nitrogens with one attached hydrogen (secondary N) is 1. The largest absolute Gasteiger partial charge is 0.348 e. The van der Waals surface area contributed by atoms with Crippen molar-refractivity contribution in [3.05, 3.63) is 35.4 Å². The molecule has 1 heterocycles. The van der Waals surface area contributed by atoms with Gasteiger partial charge in [-0.05, 0) is 32.0 Å². The molecule has 0 aliphatic carbocycles. The Bertz CT molecular complexity index is 441. The van der Waals surface area contributed by atoms with Gasteiger partial charge < -0.3 is 9.80 Å². The maximum atomic E-state index is 8.41. The maximum Gasteiger partial charge on any atom is 0.129 e. The van der Waals surface area contributed by atoms with Crippen LogP contribution >= 0.6 is 0 Å². The van der Waals surface area contributed by atoms with Gasteiger partial charge in [0, 0.05) is 24.7 Å². The number of fused-ring (bicyclic) bond motifs is 1. The molecule has 1 aromatic carbocycles. The van der Waals surface area contributed by atoms with E-state index in [1.807, 2.05) is 6.07 Å². The van der Waals surface area contributed by atoms with Gasteiger partial charge in [-0.1, -0.05) is 38.1 Å². The molecule has 0 bridgehead atoms. The lowest BCUT2D eigenvalue weighted by molar-refractivity contribution is 0.215. The summed E-state index contributed by atoms with van der Waals surface area (Å²) in [7, 11) is 4.22. The minimum absolute atomic E-state index is 0.426. The summed E-state index contributed by atoms with van der Waals surface area (Å²) in [5, 5.41) is 8.41. The molecule has 0 radical (unpaired) electrons. The molecule has 3 nitrogen and oxygen atoms in total. The third-order valence-corrected chi connectivity index (χ3v) is 3.66. The lowest BCUT2D eigenvalue weighted by atomic mass is 10.0. The first-order chi connectivity index (χ1) is 8.99. The van der Waals surface area contributed by atoms with Gasteiger partial charge in [0.2, 0.25) is 0 Å². The van der Waals surface area contributed by atoms with E-state index >= 15 is 0 Å². The Morgan fingerprint density at radius 2 is 1.95 bits per heavy atom. The highest BCUT2D eigenvalue weighted by Crippen LogP contribution is 2.26. The second-order valence-electron chi connectivity index (χ2n) is 6.18. The zero-order valence-corrected chi connectivity index (χ0v) is 12.5. The normalized spacial score (nSPS) is 16.3. The number of likely N-dealkylation sites (N-methyl/N-ethyl adjacent to an activating group) is 1.